The molecule has 0 bridgehead atoms. The molecule has 1 aromatic heterocycles. The van der Waals surface area contributed by atoms with Gasteiger partial charge in [-0.1, -0.05) is 109 Å². The molecule has 17 heteroatoms. The van der Waals surface area contributed by atoms with Crippen LogP contribution >= 0.6 is 23.1 Å². The van der Waals surface area contributed by atoms with Gasteiger partial charge in [0.05, 0.1) is 0 Å². The zero-order valence-corrected chi connectivity index (χ0v) is 35.1. The Hall–Kier alpha value is -6.72. The first-order valence-corrected chi connectivity index (χ1v) is 21.9. The third-order valence-corrected chi connectivity index (χ3v) is 13.3. The Morgan fingerprint density at radius 1 is 0.952 bits per heavy atom. The molecule has 0 radical (unpaired) electrons. The number of carbonyl (C=O) groups is 5. The Kier molecular flexibility index (Phi) is 12.3. The number of amides is 4. The van der Waals surface area contributed by atoms with Crippen LogP contribution in [0.5, 0.6) is 0 Å². The second-order valence-corrected chi connectivity index (χ2v) is 16.9. The average Bonchev–Trinajstić information content (AvgIpc) is 3.90. The number of aromatic nitrogens is 1. The summed E-state index contributed by atoms with van der Waals surface area (Å²) in [5, 5.41) is 18.7. The van der Waals surface area contributed by atoms with Crippen molar-refractivity contribution < 1.29 is 38.7 Å². The number of nitrogens with two attached hydrogens (primary N) is 1. The van der Waals surface area contributed by atoms with Gasteiger partial charge in [-0.2, -0.15) is 0 Å². The SMILES string of the molecule is C=CCOC(=O)N1CCC(N2CCC(=CC3=C(C(=O)O)N4C(=O)[C@@H](NC(=O)C(=NOC(c5ccccc5)(c5ccccc5)c5ccccc5)c5csc(N)n5)[C@H]4SC3)C2=O)CC1. The first kappa shape index (κ1) is 42.0. The van der Waals surface area contributed by atoms with Crippen LogP contribution in [0.15, 0.2) is 137 Å². The standard InChI is InChI=1S/C45H43N7O8S2/c1-2-24-59-44(58)50-21-19-33(20-22-50)51-23-18-28(39(51)54)25-29-26-61-41-36(40(55)52(41)37(29)42(56)57)48-38(53)35(34-27-62-43(46)47-34)49-60-45(30-12-6-3-7-13-30,31-14-8-4-9-15-31)32-16-10-5-11-17-32/h2-17,25,27,33,36,41H,1,18-24,26H2,(H2,46,47)(H,48,53)(H,56,57)/t36-,41-/m1/s1. The fraction of sp³-hybridized carbons (Fsp3) is 0.267. The van der Waals surface area contributed by atoms with E-state index in [4.69, 9.17) is 15.3 Å². The maximum Gasteiger partial charge on any atom is 0.410 e. The molecule has 4 aromatic rings. The third-order valence-electron chi connectivity index (χ3n) is 11.3. The number of nitrogens with one attached hydrogen (secondary N) is 1. The molecule has 4 N–H and O–H groups in total. The van der Waals surface area contributed by atoms with Gasteiger partial charge in [-0.15, -0.1) is 23.1 Å². The van der Waals surface area contributed by atoms with Crippen molar-refractivity contribution in [1.29, 1.82) is 0 Å². The number of hydrogen-bond acceptors (Lipinski definition) is 12. The molecule has 3 fully saturated rings. The van der Waals surface area contributed by atoms with E-state index in [0.29, 0.717) is 50.0 Å². The van der Waals surface area contributed by atoms with Crippen molar-refractivity contribution in [2.45, 2.75) is 42.3 Å². The normalized spacial score (nSPS) is 20.2. The molecule has 2 atom stereocenters. The van der Waals surface area contributed by atoms with Crippen molar-refractivity contribution in [1.82, 2.24) is 25.0 Å². The van der Waals surface area contributed by atoms with Crippen molar-refractivity contribution in [3.8, 4) is 0 Å². The van der Waals surface area contributed by atoms with Crippen LogP contribution < -0.4 is 11.1 Å². The number of β-lactam (4-membered cyclic amide) rings is 1. The highest BCUT2D eigenvalue weighted by atomic mass is 32.2. The molecular formula is C45H43N7O8S2. The summed E-state index contributed by atoms with van der Waals surface area (Å²) in [6.07, 6.45) is 4.25. The summed E-state index contributed by atoms with van der Waals surface area (Å²) < 4.78 is 5.15. The van der Waals surface area contributed by atoms with Crippen LogP contribution in [-0.2, 0) is 34.4 Å². The lowest BCUT2D eigenvalue weighted by Crippen LogP contribution is -2.71. The van der Waals surface area contributed by atoms with Gasteiger partial charge in [0, 0.05) is 59.1 Å². The largest absolute Gasteiger partial charge is 0.477 e. The lowest BCUT2D eigenvalue weighted by Gasteiger charge is -2.49. The molecule has 15 nitrogen and oxygen atoms in total. The number of carboxylic acid groups (broad SMARTS) is 1. The minimum atomic E-state index is -1.33. The van der Waals surface area contributed by atoms with Crippen molar-refractivity contribution in [2.75, 3.05) is 37.7 Å². The molecule has 0 unspecified atom stereocenters. The Labute approximate surface area is 365 Å². The van der Waals surface area contributed by atoms with Crippen molar-refractivity contribution in [3.05, 3.63) is 154 Å². The van der Waals surface area contributed by atoms with Crippen molar-refractivity contribution in [2.24, 2.45) is 5.16 Å². The number of oxime groups is 1. The molecule has 8 rings (SSSR count). The number of nitrogens with zero attached hydrogens (tertiary/aromatic N) is 5. The van der Waals surface area contributed by atoms with Gasteiger partial charge >= 0.3 is 12.1 Å². The molecular weight excluding hydrogens is 831 g/mol. The predicted octanol–water partition coefficient (Wildman–Crippen LogP) is 5.12. The monoisotopic (exact) mass is 873 g/mol. The number of fused-ring (bicyclic) bond motifs is 1. The van der Waals surface area contributed by atoms with Gasteiger partial charge in [0.15, 0.2) is 10.8 Å². The number of carboxylic acids is 1. The average molecular weight is 874 g/mol. The molecule has 0 aliphatic carbocycles. The fourth-order valence-corrected chi connectivity index (χ4v) is 10.1. The molecule has 0 saturated carbocycles. The molecule has 4 aliphatic heterocycles. The van der Waals surface area contributed by atoms with E-state index in [0.717, 1.165) is 32.9 Å². The molecule has 318 valence electrons. The van der Waals surface area contributed by atoms with Gasteiger partial charge in [-0.25, -0.2) is 14.6 Å². The zero-order chi connectivity index (χ0) is 43.4. The van der Waals surface area contributed by atoms with E-state index in [9.17, 15) is 29.1 Å². The Morgan fingerprint density at radius 3 is 2.11 bits per heavy atom. The topological polar surface area (TPSA) is 197 Å². The summed E-state index contributed by atoms with van der Waals surface area (Å²) in [6.45, 7) is 5.03. The number of allylic oxidation sites excluding steroid dienone is 1. The molecule has 3 aromatic carbocycles. The smallest absolute Gasteiger partial charge is 0.410 e. The lowest BCUT2D eigenvalue weighted by molar-refractivity contribution is -0.150. The molecule has 3 saturated heterocycles. The second kappa shape index (κ2) is 18.1. The van der Waals surface area contributed by atoms with E-state index in [1.54, 1.807) is 21.3 Å². The molecule has 4 aliphatic rings. The van der Waals surface area contributed by atoms with Crippen molar-refractivity contribution >= 4 is 63.7 Å². The number of ether oxygens (including phenoxy) is 1. The number of anilines is 1. The van der Waals surface area contributed by atoms with Crippen LogP contribution in [0, 0.1) is 0 Å². The highest BCUT2D eigenvalue weighted by Gasteiger charge is 2.54. The maximum atomic E-state index is 14.3. The maximum absolute atomic E-state index is 14.3. The lowest BCUT2D eigenvalue weighted by atomic mass is 9.80. The molecule has 0 spiro atoms. The number of thiazole rings is 1. The number of likely N-dealkylation sites (tertiary alicyclic amines) is 2. The summed E-state index contributed by atoms with van der Waals surface area (Å²) in [4.78, 5) is 82.4. The minimum Gasteiger partial charge on any atom is -0.477 e. The number of rotatable bonds is 13. The van der Waals surface area contributed by atoms with Crippen LogP contribution in [0.4, 0.5) is 9.93 Å². The highest BCUT2D eigenvalue weighted by molar-refractivity contribution is 8.00. The summed E-state index contributed by atoms with van der Waals surface area (Å²) >= 11 is 2.38. The third kappa shape index (κ3) is 8.08. The van der Waals surface area contributed by atoms with Crippen LogP contribution in [0.3, 0.4) is 0 Å². The Balaban J connectivity index is 1.03. The molecule has 5 heterocycles. The fourth-order valence-electron chi connectivity index (χ4n) is 8.26. The molecule has 62 heavy (non-hydrogen) atoms. The van der Waals surface area contributed by atoms with Crippen LogP contribution in [0.1, 0.15) is 41.6 Å². The minimum absolute atomic E-state index is 0.0813. The number of benzene rings is 3. The van der Waals surface area contributed by atoms with E-state index >= 15 is 0 Å². The van der Waals surface area contributed by atoms with Gasteiger partial charge in [0.2, 0.25) is 11.5 Å². The number of carbonyl (C=O) groups excluding carboxylic acids is 4. The van der Waals surface area contributed by atoms with Gasteiger partial charge in [-0.05, 0) is 30.9 Å². The summed E-state index contributed by atoms with van der Waals surface area (Å²) in [5.74, 6) is -2.76. The van der Waals surface area contributed by atoms with E-state index < -0.39 is 40.9 Å². The molecule has 4 amide bonds. The quantitative estimate of drug-likeness (QED) is 0.0403. The van der Waals surface area contributed by atoms with E-state index in [1.165, 1.54) is 17.8 Å². The highest BCUT2D eigenvalue weighted by Crippen LogP contribution is 2.43. The van der Waals surface area contributed by atoms with Gasteiger partial charge < -0.3 is 35.5 Å². The number of piperidine rings is 1. The number of hydrogen-bond donors (Lipinski definition) is 3. The summed E-state index contributed by atoms with van der Waals surface area (Å²) in [6, 6.07) is 27.2. The van der Waals surface area contributed by atoms with Gasteiger partial charge in [-0.3, -0.25) is 19.3 Å². The van der Waals surface area contributed by atoms with Crippen LogP contribution in [0.25, 0.3) is 0 Å². The Bertz CT molecular complexity index is 2370. The van der Waals surface area contributed by atoms with Crippen LogP contribution in [0.2, 0.25) is 0 Å². The number of thioether (sulfide) groups is 1. The first-order valence-electron chi connectivity index (χ1n) is 20.0. The van der Waals surface area contributed by atoms with E-state index in [2.05, 4.69) is 22.0 Å². The summed E-state index contributed by atoms with van der Waals surface area (Å²) in [5.41, 5.74) is 7.32. The van der Waals surface area contributed by atoms with E-state index in [-0.39, 0.29) is 46.5 Å². The summed E-state index contributed by atoms with van der Waals surface area (Å²) in [7, 11) is 0. The number of aliphatic carboxylic acids is 1. The first-order chi connectivity index (χ1) is 30.1. The second-order valence-electron chi connectivity index (χ2n) is 14.9. The van der Waals surface area contributed by atoms with Gasteiger partial charge in [0.1, 0.15) is 29.4 Å². The van der Waals surface area contributed by atoms with Gasteiger partial charge in [0.25, 0.3) is 11.8 Å². The Morgan fingerprint density at radius 2 is 1.56 bits per heavy atom. The zero-order valence-electron chi connectivity index (χ0n) is 33.4. The van der Waals surface area contributed by atoms with Crippen LogP contribution in [-0.4, -0.2) is 110 Å². The number of nitrogen functional groups attached to an aromatic ring is 1. The van der Waals surface area contributed by atoms with Crippen molar-refractivity contribution in [3.63, 3.8) is 0 Å². The van der Waals surface area contributed by atoms with E-state index in [1.807, 2.05) is 91.0 Å². The predicted molar refractivity (Wildman–Crippen MR) is 234 cm³/mol.